The maximum Gasteiger partial charge on any atom is 0.226 e. The van der Waals surface area contributed by atoms with Gasteiger partial charge in [-0.25, -0.2) is 4.39 Å². The van der Waals surface area contributed by atoms with Crippen LogP contribution in [0.15, 0.2) is 18.2 Å². The molecule has 0 radical (unpaired) electrons. The molecular weight excluding hydrogens is 181 g/mol. The molecule has 1 amide bonds. The van der Waals surface area contributed by atoms with Gasteiger partial charge in [0, 0.05) is 14.1 Å². The van der Waals surface area contributed by atoms with Crippen molar-refractivity contribution in [2.45, 2.75) is 13.3 Å². The monoisotopic (exact) mass is 195 g/mol. The number of benzene rings is 1. The summed E-state index contributed by atoms with van der Waals surface area (Å²) in [7, 11) is 3.37. The number of hydrogen-bond acceptors (Lipinski definition) is 1. The van der Waals surface area contributed by atoms with Gasteiger partial charge in [0.15, 0.2) is 0 Å². The van der Waals surface area contributed by atoms with Gasteiger partial charge in [-0.1, -0.05) is 12.1 Å². The molecule has 0 heterocycles. The summed E-state index contributed by atoms with van der Waals surface area (Å²) in [6, 6.07) is 4.88. The average Bonchev–Trinajstić information content (AvgIpc) is 2.11. The number of amides is 1. The largest absolute Gasteiger partial charge is 0.349 e. The first-order valence-electron chi connectivity index (χ1n) is 4.46. The van der Waals surface area contributed by atoms with Gasteiger partial charge >= 0.3 is 0 Å². The Morgan fingerprint density at radius 1 is 1.43 bits per heavy atom. The standard InChI is InChI=1S/C11H14FNO/c1-8-4-5-9(6-10(8)12)7-11(14)13(2)3/h4-6H,7H2,1-3H3. The van der Waals surface area contributed by atoms with Gasteiger partial charge in [-0.2, -0.15) is 0 Å². The van der Waals surface area contributed by atoms with Gasteiger partial charge in [-0.15, -0.1) is 0 Å². The normalized spacial score (nSPS) is 10.0. The number of likely N-dealkylation sites (N-methyl/N-ethyl adjacent to an activating group) is 1. The zero-order valence-electron chi connectivity index (χ0n) is 8.67. The second kappa shape index (κ2) is 4.22. The fraction of sp³-hybridized carbons (Fsp3) is 0.364. The van der Waals surface area contributed by atoms with E-state index in [2.05, 4.69) is 0 Å². The molecular formula is C11H14FNO. The Balaban J connectivity index is 2.78. The maximum atomic E-state index is 13.1. The van der Waals surface area contributed by atoms with E-state index in [-0.39, 0.29) is 18.1 Å². The van der Waals surface area contributed by atoms with Crippen molar-refractivity contribution in [3.05, 3.63) is 35.1 Å². The van der Waals surface area contributed by atoms with Crippen molar-refractivity contribution in [1.29, 1.82) is 0 Å². The lowest BCUT2D eigenvalue weighted by atomic mass is 10.1. The Morgan fingerprint density at radius 2 is 2.07 bits per heavy atom. The summed E-state index contributed by atoms with van der Waals surface area (Å²) < 4.78 is 13.1. The minimum absolute atomic E-state index is 0.0201. The minimum Gasteiger partial charge on any atom is -0.349 e. The van der Waals surface area contributed by atoms with Gasteiger partial charge < -0.3 is 4.90 Å². The van der Waals surface area contributed by atoms with E-state index in [0.717, 1.165) is 0 Å². The lowest BCUT2D eigenvalue weighted by Crippen LogP contribution is -2.23. The number of hydrogen-bond donors (Lipinski definition) is 0. The second-order valence-corrected chi connectivity index (χ2v) is 3.55. The zero-order chi connectivity index (χ0) is 10.7. The predicted molar refractivity (Wildman–Crippen MR) is 53.5 cm³/mol. The van der Waals surface area contributed by atoms with Gasteiger partial charge in [0.05, 0.1) is 6.42 Å². The molecule has 0 aliphatic rings. The number of rotatable bonds is 2. The van der Waals surface area contributed by atoms with Crippen LogP contribution in [0.25, 0.3) is 0 Å². The third-order valence-corrected chi connectivity index (χ3v) is 2.09. The van der Waals surface area contributed by atoms with Crippen molar-refractivity contribution in [3.63, 3.8) is 0 Å². The Kier molecular flexibility index (Phi) is 3.23. The molecule has 3 heteroatoms. The molecule has 76 valence electrons. The molecule has 14 heavy (non-hydrogen) atoms. The van der Waals surface area contributed by atoms with Gasteiger partial charge in [0.2, 0.25) is 5.91 Å². The van der Waals surface area contributed by atoms with Gasteiger partial charge in [0.25, 0.3) is 0 Å². The SMILES string of the molecule is Cc1ccc(CC(=O)N(C)C)cc1F. The highest BCUT2D eigenvalue weighted by Crippen LogP contribution is 2.10. The highest BCUT2D eigenvalue weighted by Gasteiger charge is 2.06. The zero-order valence-corrected chi connectivity index (χ0v) is 8.67. The van der Waals surface area contributed by atoms with E-state index in [0.29, 0.717) is 11.1 Å². The molecule has 0 bridgehead atoms. The first kappa shape index (κ1) is 10.7. The molecule has 1 aromatic carbocycles. The Morgan fingerprint density at radius 3 is 2.57 bits per heavy atom. The van der Waals surface area contributed by atoms with Crippen LogP contribution >= 0.6 is 0 Å². The number of aryl methyl sites for hydroxylation is 1. The fourth-order valence-corrected chi connectivity index (χ4v) is 1.08. The van der Waals surface area contributed by atoms with E-state index in [1.807, 2.05) is 0 Å². The highest BCUT2D eigenvalue weighted by atomic mass is 19.1. The summed E-state index contributed by atoms with van der Waals surface area (Å²) in [6.45, 7) is 1.70. The molecule has 0 aromatic heterocycles. The number of carbonyl (C=O) groups excluding carboxylic acids is 1. The summed E-state index contributed by atoms with van der Waals surface area (Å²) in [4.78, 5) is 12.8. The van der Waals surface area contributed by atoms with Gasteiger partial charge in [-0.3, -0.25) is 4.79 Å². The van der Waals surface area contributed by atoms with Crippen molar-refractivity contribution < 1.29 is 9.18 Å². The van der Waals surface area contributed by atoms with Crippen LogP contribution < -0.4 is 0 Å². The molecule has 0 spiro atoms. The molecule has 0 aliphatic heterocycles. The molecule has 2 nitrogen and oxygen atoms in total. The Bertz CT molecular complexity index is 347. The third-order valence-electron chi connectivity index (χ3n) is 2.09. The fourth-order valence-electron chi connectivity index (χ4n) is 1.08. The average molecular weight is 195 g/mol. The Hall–Kier alpha value is -1.38. The molecule has 0 saturated carbocycles. The van der Waals surface area contributed by atoms with Gasteiger partial charge in [0.1, 0.15) is 5.82 Å². The van der Waals surface area contributed by atoms with Crippen LogP contribution in [0.5, 0.6) is 0 Å². The van der Waals surface area contributed by atoms with E-state index in [1.54, 1.807) is 33.2 Å². The summed E-state index contributed by atoms with van der Waals surface area (Å²) in [6.07, 6.45) is 0.254. The molecule has 0 atom stereocenters. The van der Waals surface area contributed by atoms with E-state index in [9.17, 15) is 9.18 Å². The van der Waals surface area contributed by atoms with Crippen LogP contribution in [0.1, 0.15) is 11.1 Å². The van der Waals surface area contributed by atoms with E-state index in [4.69, 9.17) is 0 Å². The van der Waals surface area contributed by atoms with Crippen molar-refractivity contribution in [2.24, 2.45) is 0 Å². The number of nitrogens with zero attached hydrogens (tertiary/aromatic N) is 1. The summed E-state index contributed by atoms with van der Waals surface area (Å²) >= 11 is 0. The van der Waals surface area contributed by atoms with Crippen LogP contribution in [-0.4, -0.2) is 24.9 Å². The summed E-state index contributed by atoms with van der Waals surface area (Å²) in [5.41, 5.74) is 1.32. The molecule has 1 aromatic rings. The number of halogens is 1. The van der Waals surface area contributed by atoms with E-state index in [1.165, 1.54) is 11.0 Å². The lowest BCUT2D eigenvalue weighted by Gasteiger charge is -2.10. The maximum absolute atomic E-state index is 13.1. The quantitative estimate of drug-likeness (QED) is 0.704. The van der Waals surface area contributed by atoms with Crippen molar-refractivity contribution in [2.75, 3.05) is 14.1 Å². The first-order chi connectivity index (χ1) is 6.50. The molecule has 0 saturated heterocycles. The summed E-state index contributed by atoms with van der Waals surface area (Å²) in [5, 5.41) is 0. The lowest BCUT2D eigenvalue weighted by molar-refractivity contribution is -0.127. The highest BCUT2D eigenvalue weighted by molar-refractivity contribution is 5.78. The smallest absolute Gasteiger partial charge is 0.226 e. The van der Waals surface area contributed by atoms with Crippen LogP contribution in [0, 0.1) is 12.7 Å². The second-order valence-electron chi connectivity index (χ2n) is 3.55. The molecule has 0 unspecified atom stereocenters. The number of carbonyl (C=O) groups is 1. The first-order valence-corrected chi connectivity index (χ1v) is 4.46. The predicted octanol–water partition coefficient (Wildman–Crippen LogP) is 1.76. The van der Waals surface area contributed by atoms with E-state index < -0.39 is 0 Å². The minimum atomic E-state index is -0.256. The van der Waals surface area contributed by atoms with Crippen LogP contribution in [0.3, 0.4) is 0 Å². The van der Waals surface area contributed by atoms with Gasteiger partial charge in [-0.05, 0) is 24.1 Å². The molecule has 0 N–H and O–H groups in total. The summed E-state index contributed by atoms with van der Waals surface area (Å²) in [5.74, 6) is -0.276. The van der Waals surface area contributed by atoms with E-state index >= 15 is 0 Å². The molecule has 1 rings (SSSR count). The van der Waals surface area contributed by atoms with Crippen LogP contribution in [0.4, 0.5) is 4.39 Å². The van der Waals surface area contributed by atoms with Crippen molar-refractivity contribution in [1.82, 2.24) is 4.90 Å². The van der Waals surface area contributed by atoms with Crippen molar-refractivity contribution in [3.8, 4) is 0 Å². The van der Waals surface area contributed by atoms with Crippen LogP contribution in [-0.2, 0) is 11.2 Å². The third kappa shape index (κ3) is 2.55. The molecule has 0 fully saturated rings. The topological polar surface area (TPSA) is 20.3 Å². The van der Waals surface area contributed by atoms with Crippen molar-refractivity contribution >= 4 is 5.91 Å². The van der Waals surface area contributed by atoms with Crippen LogP contribution in [0.2, 0.25) is 0 Å². The Labute approximate surface area is 83.3 Å². The molecule has 0 aliphatic carbocycles.